The Hall–Kier alpha value is -1.51. The van der Waals surface area contributed by atoms with Crippen LogP contribution in [0.4, 0.5) is 0 Å². The predicted molar refractivity (Wildman–Crippen MR) is 69.8 cm³/mol. The monoisotopic (exact) mass is 248 g/mol. The highest BCUT2D eigenvalue weighted by molar-refractivity contribution is 5.82. The number of rotatable bonds is 5. The van der Waals surface area contributed by atoms with E-state index in [-0.39, 0.29) is 5.97 Å². The van der Waals surface area contributed by atoms with Crippen molar-refractivity contribution in [2.24, 2.45) is 0 Å². The summed E-state index contributed by atoms with van der Waals surface area (Å²) in [5.41, 5.74) is 0.331. The molecule has 0 bridgehead atoms. The van der Waals surface area contributed by atoms with Crippen molar-refractivity contribution in [3.63, 3.8) is 0 Å². The van der Waals surface area contributed by atoms with Crippen LogP contribution in [-0.4, -0.2) is 18.7 Å². The Balaban J connectivity index is 2.09. The van der Waals surface area contributed by atoms with Crippen LogP contribution in [0.15, 0.2) is 24.3 Å². The molecule has 1 aliphatic rings. The van der Waals surface area contributed by atoms with Crippen LogP contribution in [0.2, 0.25) is 0 Å². The quantitative estimate of drug-likeness (QED) is 0.751. The van der Waals surface area contributed by atoms with E-state index < -0.39 is 5.41 Å². The summed E-state index contributed by atoms with van der Waals surface area (Å²) < 4.78 is 10.8. The zero-order valence-corrected chi connectivity index (χ0v) is 11.2. The summed E-state index contributed by atoms with van der Waals surface area (Å²) in [4.78, 5) is 11.9. The maximum Gasteiger partial charge on any atom is 0.315 e. The molecule has 0 N–H and O–H groups in total. The van der Waals surface area contributed by atoms with Crippen LogP contribution < -0.4 is 4.74 Å². The highest BCUT2D eigenvalue weighted by Gasteiger charge is 2.31. The fourth-order valence-electron chi connectivity index (χ4n) is 1.76. The summed E-state index contributed by atoms with van der Waals surface area (Å²) >= 11 is 0. The number of hydrogen-bond acceptors (Lipinski definition) is 3. The number of benzene rings is 1. The molecule has 0 heterocycles. The van der Waals surface area contributed by atoms with Crippen LogP contribution in [0.1, 0.15) is 39.2 Å². The van der Waals surface area contributed by atoms with E-state index in [0.717, 1.165) is 24.2 Å². The summed E-state index contributed by atoms with van der Waals surface area (Å²) in [7, 11) is 0. The normalized spacial score (nSPS) is 15.3. The summed E-state index contributed by atoms with van der Waals surface area (Å²) in [6.07, 6.45) is 2.69. The zero-order chi connectivity index (χ0) is 13.2. The van der Waals surface area contributed by atoms with Crippen LogP contribution >= 0.6 is 0 Å². The summed E-state index contributed by atoms with van der Waals surface area (Å²) in [5.74, 6) is 0.682. The molecule has 3 nitrogen and oxygen atoms in total. The van der Waals surface area contributed by atoms with E-state index in [1.165, 1.54) is 0 Å². The number of carbonyl (C=O) groups is 1. The standard InChI is InChI=1S/C15H20O3/c1-4-17-14(16)15(2,3)11-5-7-12(8-6-11)18-13-9-10-13/h5-8,13H,4,9-10H2,1-3H3. The molecule has 1 aromatic carbocycles. The second kappa shape index (κ2) is 5.01. The first-order valence-corrected chi connectivity index (χ1v) is 6.48. The molecule has 1 aliphatic carbocycles. The molecule has 0 aromatic heterocycles. The molecule has 1 aromatic rings. The summed E-state index contributed by atoms with van der Waals surface area (Å²) in [5, 5.41) is 0. The van der Waals surface area contributed by atoms with Gasteiger partial charge in [0.25, 0.3) is 0 Å². The third-order valence-corrected chi connectivity index (χ3v) is 3.19. The molecule has 0 atom stereocenters. The van der Waals surface area contributed by atoms with E-state index in [2.05, 4.69) is 0 Å². The average Bonchev–Trinajstić information content (AvgIpc) is 3.14. The van der Waals surface area contributed by atoms with E-state index in [4.69, 9.17) is 9.47 Å². The lowest BCUT2D eigenvalue weighted by Crippen LogP contribution is -2.31. The van der Waals surface area contributed by atoms with Crippen molar-refractivity contribution in [3.8, 4) is 5.75 Å². The van der Waals surface area contributed by atoms with Crippen molar-refractivity contribution in [2.75, 3.05) is 6.61 Å². The number of carbonyl (C=O) groups excluding carboxylic acids is 1. The maximum absolute atomic E-state index is 11.9. The molecule has 3 heteroatoms. The molecule has 0 amide bonds. The van der Waals surface area contributed by atoms with Gasteiger partial charge in [0, 0.05) is 0 Å². The molecular formula is C15H20O3. The minimum absolute atomic E-state index is 0.194. The van der Waals surface area contributed by atoms with E-state index in [9.17, 15) is 4.79 Å². The van der Waals surface area contributed by atoms with Crippen molar-refractivity contribution in [2.45, 2.75) is 45.1 Å². The van der Waals surface area contributed by atoms with Gasteiger partial charge in [-0.1, -0.05) is 12.1 Å². The Kier molecular flexibility index (Phi) is 3.60. The largest absolute Gasteiger partial charge is 0.490 e. The lowest BCUT2D eigenvalue weighted by molar-refractivity contribution is -0.148. The zero-order valence-electron chi connectivity index (χ0n) is 11.2. The van der Waals surface area contributed by atoms with Gasteiger partial charge in [0.15, 0.2) is 0 Å². The van der Waals surface area contributed by atoms with Crippen molar-refractivity contribution in [1.82, 2.24) is 0 Å². The molecule has 2 rings (SSSR count). The fourth-order valence-corrected chi connectivity index (χ4v) is 1.76. The van der Waals surface area contributed by atoms with Gasteiger partial charge in [-0.05, 0) is 51.3 Å². The molecule has 0 aliphatic heterocycles. The van der Waals surface area contributed by atoms with Gasteiger partial charge in [0.05, 0.1) is 18.1 Å². The first-order chi connectivity index (χ1) is 8.54. The summed E-state index contributed by atoms with van der Waals surface area (Å²) in [6.45, 7) is 5.98. The van der Waals surface area contributed by atoms with Gasteiger partial charge in [-0.3, -0.25) is 4.79 Å². The minimum atomic E-state index is -0.617. The molecule has 1 fully saturated rings. The van der Waals surface area contributed by atoms with Gasteiger partial charge >= 0.3 is 5.97 Å². The molecular weight excluding hydrogens is 228 g/mol. The average molecular weight is 248 g/mol. The molecule has 0 spiro atoms. The lowest BCUT2D eigenvalue weighted by Gasteiger charge is -2.23. The van der Waals surface area contributed by atoms with Gasteiger partial charge in [0.2, 0.25) is 0 Å². The smallest absolute Gasteiger partial charge is 0.315 e. The van der Waals surface area contributed by atoms with E-state index >= 15 is 0 Å². The van der Waals surface area contributed by atoms with E-state index in [1.807, 2.05) is 45.0 Å². The van der Waals surface area contributed by atoms with Gasteiger partial charge in [0.1, 0.15) is 5.75 Å². The maximum atomic E-state index is 11.9. The number of esters is 1. The fraction of sp³-hybridized carbons (Fsp3) is 0.533. The van der Waals surface area contributed by atoms with Crippen molar-refractivity contribution < 1.29 is 14.3 Å². The van der Waals surface area contributed by atoms with Crippen molar-refractivity contribution >= 4 is 5.97 Å². The Morgan fingerprint density at radius 2 is 1.89 bits per heavy atom. The van der Waals surface area contributed by atoms with Crippen LogP contribution in [0.3, 0.4) is 0 Å². The van der Waals surface area contributed by atoms with Gasteiger partial charge < -0.3 is 9.47 Å². The topological polar surface area (TPSA) is 35.5 Å². The predicted octanol–water partition coefficient (Wildman–Crippen LogP) is 3.07. The van der Waals surface area contributed by atoms with Crippen molar-refractivity contribution in [3.05, 3.63) is 29.8 Å². The van der Waals surface area contributed by atoms with Gasteiger partial charge in [-0.2, -0.15) is 0 Å². The molecule has 98 valence electrons. The SMILES string of the molecule is CCOC(=O)C(C)(C)c1ccc(OC2CC2)cc1. The Morgan fingerprint density at radius 3 is 2.39 bits per heavy atom. The molecule has 0 radical (unpaired) electrons. The molecule has 1 saturated carbocycles. The van der Waals surface area contributed by atoms with Crippen LogP contribution in [0, 0.1) is 0 Å². The highest BCUT2D eigenvalue weighted by atomic mass is 16.5. The van der Waals surface area contributed by atoms with Crippen LogP contribution in [0.25, 0.3) is 0 Å². The first-order valence-electron chi connectivity index (χ1n) is 6.48. The third kappa shape index (κ3) is 2.84. The van der Waals surface area contributed by atoms with Crippen molar-refractivity contribution in [1.29, 1.82) is 0 Å². The van der Waals surface area contributed by atoms with E-state index in [0.29, 0.717) is 12.7 Å². The molecule has 18 heavy (non-hydrogen) atoms. The second-order valence-corrected chi connectivity index (χ2v) is 5.19. The van der Waals surface area contributed by atoms with Gasteiger partial charge in [-0.25, -0.2) is 0 Å². The Morgan fingerprint density at radius 1 is 1.28 bits per heavy atom. The number of hydrogen-bond donors (Lipinski definition) is 0. The Bertz CT molecular complexity index is 416. The van der Waals surface area contributed by atoms with Gasteiger partial charge in [-0.15, -0.1) is 0 Å². The molecule has 0 saturated heterocycles. The van der Waals surface area contributed by atoms with Crippen LogP contribution in [-0.2, 0) is 14.9 Å². The third-order valence-electron chi connectivity index (χ3n) is 3.19. The lowest BCUT2D eigenvalue weighted by atomic mass is 9.85. The van der Waals surface area contributed by atoms with Crippen LogP contribution in [0.5, 0.6) is 5.75 Å². The second-order valence-electron chi connectivity index (χ2n) is 5.19. The Labute approximate surface area is 108 Å². The molecule has 0 unspecified atom stereocenters. The minimum Gasteiger partial charge on any atom is -0.490 e. The highest BCUT2D eigenvalue weighted by Crippen LogP contribution is 2.30. The number of ether oxygens (including phenoxy) is 2. The van der Waals surface area contributed by atoms with E-state index in [1.54, 1.807) is 0 Å². The summed E-state index contributed by atoms with van der Waals surface area (Å²) in [6, 6.07) is 7.73. The first kappa shape index (κ1) is 12.9.